The van der Waals surface area contributed by atoms with E-state index in [-0.39, 0.29) is 22.7 Å². The molecule has 1 aliphatic carbocycles. The molecule has 164 valence electrons. The smallest absolute Gasteiger partial charge is 0.316 e. The van der Waals surface area contributed by atoms with Crippen LogP contribution in [-0.4, -0.2) is 28.4 Å². The van der Waals surface area contributed by atoms with Gasteiger partial charge in [-0.1, -0.05) is 50.2 Å². The number of benzene rings is 1. The Balaban J connectivity index is 1.87. The van der Waals surface area contributed by atoms with Crippen LogP contribution in [0.15, 0.2) is 34.2 Å². The molecular weight excluding hydrogens is 428 g/mol. The van der Waals surface area contributed by atoms with Crippen molar-refractivity contribution in [2.45, 2.75) is 52.1 Å². The second kappa shape index (κ2) is 8.43. The molecule has 1 aromatic carbocycles. The molecule has 31 heavy (non-hydrogen) atoms. The van der Waals surface area contributed by atoms with Gasteiger partial charge in [-0.05, 0) is 55.2 Å². The zero-order valence-corrected chi connectivity index (χ0v) is 20.3. The van der Waals surface area contributed by atoms with Crippen LogP contribution < -0.4 is 5.56 Å². The Morgan fingerprint density at radius 3 is 2.65 bits per heavy atom. The van der Waals surface area contributed by atoms with Gasteiger partial charge in [0.15, 0.2) is 5.16 Å². The number of nitrogens with zero attached hydrogens (tertiary/aromatic N) is 2. The first-order valence-corrected chi connectivity index (χ1v) is 12.3. The number of thiophene rings is 1. The van der Waals surface area contributed by atoms with Crippen molar-refractivity contribution in [1.29, 1.82) is 0 Å². The van der Waals surface area contributed by atoms with Crippen LogP contribution in [0.1, 0.15) is 43.2 Å². The van der Waals surface area contributed by atoms with Gasteiger partial charge >= 0.3 is 5.97 Å². The minimum Gasteiger partial charge on any atom is -0.468 e. The lowest BCUT2D eigenvalue weighted by Crippen LogP contribution is -2.27. The van der Waals surface area contributed by atoms with Gasteiger partial charge < -0.3 is 4.74 Å². The lowest BCUT2D eigenvalue weighted by atomic mass is 9.72. The largest absolute Gasteiger partial charge is 0.468 e. The van der Waals surface area contributed by atoms with Gasteiger partial charge in [-0.3, -0.25) is 14.2 Å². The Hall–Kier alpha value is -2.12. The number of fused-ring (bicyclic) bond motifs is 3. The van der Waals surface area contributed by atoms with E-state index in [1.807, 2.05) is 31.2 Å². The van der Waals surface area contributed by atoms with Crippen LogP contribution in [0.5, 0.6) is 0 Å². The third-order valence-corrected chi connectivity index (χ3v) is 8.18. The number of esters is 1. The lowest BCUT2D eigenvalue weighted by Gasteiger charge is -2.33. The highest BCUT2D eigenvalue weighted by molar-refractivity contribution is 7.99. The van der Waals surface area contributed by atoms with E-state index < -0.39 is 0 Å². The average Bonchev–Trinajstić information content (AvgIpc) is 3.10. The predicted molar refractivity (Wildman–Crippen MR) is 128 cm³/mol. The van der Waals surface area contributed by atoms with Gasteiger partial charge in [0.25, 0.3) is 5.56 Å². The number of aryl methyl sites for hydroxylation is 2. The summed E-state index contributed by atoms with van der Waals surface area (Å²) in [5, 5.41) is 1.27. The Labute approximate surface area is 190 Å². The number of methoxy groups -OCH3 is 1. The number of rotatable bonds is 4. The number of carbonyl (C=O) groups is 1. The fraction of sp³-hybridized carbons (Fsp3) is 0.458. The van der Waals surface area contributed by atoms with Crippen molar-refractivity contribution in [3.8, 4) is 5.69 Å². The molecule has 0 saturated heterocycles. The summed E-state index contributed by atoms with van der Waals surface area (Å²) in [5.41, 5.74) is 3.25. The van der Waals surface area contributed by atoms with Crippen molar-refractivity contribution in [3.63, 3.8) is 0 Å². The number of hydrogen-bond donors (Lipinski definition) is 0. The molecule has 3 aromatic rings. The summed E-state index contributed by atoms with van der Waals surface area (Å²) < 4.78 is 6.44. The van der Waals surface area contributed by atoms with Crippen molar-refractivity contribution in [3.05, 3.63) is 50.6 Å². The standard InChI is InChI=1S/C24H28N2O3S2/c1-14-6-9-16(10-7-14)26-22(28)20-17-11-8-15(24(2,3)4)12-18(17)31-21(20)25-23(26)30-13-19(27)29-5/h6-7,9-10,15H,8,11-13H2,1-5H3/t15-/m1/s1. The van der Waals surface area contributed by atoms with E-state index in [2.05, 4.69) is 20.8 Å². The maximum Gasteiger partial charge on any atom is 0.316 e. The van der Waals surface area contributed by atoms with Crippen LogP contribution >= 0.6 is 23.1 Å². The molecule has 1 aliphatic rings. The van der Waals surface area contributed by atoms with Gasteiger partial charge in [0, 0.05) is 4.88 Å². The molecule has 5 nitrogen and oxygen atoms in total. The summed E-state index contributed by atoms with van der Waals surface area (Å²) in [6.45, 7) is 8.89. The molecule has 0 amide bonds. The Morgan fingerprint density at radius 1 is 1.29 bits per heavy atom. The Kier molecular flexibility index (Phi) is 6.01. The normalized spacial score (nSPS) is 16.4. The summed E-state index contributed by atoms with van der Waals surface area (Å²) in [6.07, 6.45) is 3.00. The number of carbonyl (C=O) groups excluding carboxylic acids is 1. The molecular formula is C24H28N2O3S2. The SMILES string of the molecule is COC(=O)CSc1nc2sc3c(c2c(=O)n1-c1ccc(C)cc1)CC[C@@H](C(C)(C)C)C3. The van der Waals surface area contributed by atoms with Crippen LogP contribution in [0, 0.1) is 18.3 Å². The van der Waals surface area contributed by atoms with Gasteiger partial charge in [-0.2, -0.15) is 0 Å². The zero-order valence-electron chi connectivity index (χ0n) is 18.7. The Bertz CT molecular complexity index is 1190. The van der Waals surface area contributed by atoms with Crippen molar-refractivity contribution in [2.75, 3.05) is 12.9 Å². The van der Waals surface area contributed by atoms with Crippen molar-refractivity contribution >= 4 is 39.3 Å². The highest BCUT2D eigenvalue weighted by Crippen LogP contribution is 2.42. The molecule has 0 spiro atoms. The zero-order chi connectivity index (χ0) is 22.3. The van der Waals surface area contributed by atoms with E-state index in [1.54, 1.807) is 15.9 Å². The lowest BCUT2D eigenvalue weighted by molar-refractivity contribution is -0.137. The second-order valence-corrected chi connectivity index (χ2v) is 11.3. The first-order chi connectivity index (χ1) is 14.7. The highest BCUT2D eigenvalue weighted by Gasteiger charge is 2.32. The molecule has 0 N–H and O–H groups in total. The van der Waals surface area contributed by atoms with Crippen molar-refractivity contribution < 1.29 is 9.53 Å². The molecule has 4 rings (SSSR count). The van der Waals surface area contributed by atoms with E-state index in [1.165, 1.54) is 29.3 Å². The third kappa shape index (κ3) is 4.30. The molecule has 0 aliphatic heterocycles. The maximum atomic E-state index is 13.8. The Morgan fingerprint density at radius 2 is 2.00 bits per heavy atom. The maximum absolute atomic E-state index is 13.8. The molecule has 0 radical (unpaired) electrons. The monoisotopic (exact) mass is 456 g/mol. The van der Waals surface area contributed by atoms with Crippen LogP contribution in [0.2, 0.25) is 0 Å². The summed E-state index contributed by atoms with van der Waals surface area (Å²) >= 11 is 2.88. The van der Waals surface area contributed by atoms with E-state index in [4.69, 9.17) is 9.72 Å². The van der Waals surface area contributed by atoms with Crippen LogP contribution in [0.3, 0.4) is 0 Å². The molecule has 2 aromatic heterocycles. The molecule has 0 bridgehead atoms. The second-order valence-electron chi connectivity index (χ2n) is 9.22. The minimum absolute atomic E-state index is 0.0482. The van der Waals surface area contributed by atoms with Gasteiger partial charge in [0.2, 0.25) is 0 Å². The molecule has 0 unspecified atom stereocenters. The topological polar surface area (TPSA) is 61.2 Å². The number of thioether (sulfide) groups is 1. The fourth-order valence-corrected chi connectivity index (χ4v) is 6.33. The van der Waals surface area contributed by atoms with E-state index in [0.717, 1.165) is 40.7 Å². The van der Waals surface area contributed by atoms with Gasteiger partial charge in [-0.15, -0.1) is 11.3 Å². The minimum atomic E-state index is -0.340. The van der Waals surface area contributed by atoms with Crippen molar-refractivity contribution in [1.82, 2.24) is 9.55 Å². The van der Waals surface area contributed by atoms with E-state index in [0.29, 0.717) is 11.1 Å². The predicted octanol–water partition coefficient (Wildman–Crippen LogP) is 5.17. The quantitative estimate of drug-likeness (QED) is 0.308. The van der Waals surface area contributed by atoms with Crippen LogP contribution in [0.25, 0.3) is 15.9 Å². The van der Waals surface area contributed by atoms with Crippen LogP contribution in [0.4, 0.5) is 0 Å². The fourth-order valence-electron chi connectivity index (χ4n) is 4.15. The number of ether oxygens (including phenoxy) is 1. The summed E-state index contributed by atoms with van der Waals surface area (Å²) in [5.74, 6) is 0.367. The molecule has 0 saturated carbocycles. The average molecular weight is 457 g/mol. The molecule has 0 fully saturated rings. The first-order valence-electron chi connectivity index (χ1n) is 10.5. The molecule has 7 heteroatoms. The van der Waals surface area contributed by atoms with E-state index in [9.17, 15) is 9.59 Å². The summed E-state index contributed by atoms with van der Waals surface area (Å²) in [7, 11) is 1.37. The first kappa shape index (κ1) is 22.1. The number of aromatic nitrogens is 2. The highest BCUT2D eigenvalue weighted by atomic mass is 32.2. The van der Waals surface area contributed by atoms with Gasteiger partial charge in [-0.25, -0.2) is 4.98 Å². The van der Waals surface area contributed by atoms with Crippen molar-refractivity contribution in [2.24, 2.45) is 11.3 Å². The summed E-state index contributed by atoms with van der Waals surface area (Å²) in [4.78, 5) is 32.5. The van der Waals surface area contributed by atoms with Gasteiger partial charge in [0.1, 0.15) is 4.83 Å². The summed E-state index contributed by atoms with van der Waals surface area (Å²) in [6, 6.07) is 7.83. The molecule has 1 atom stereocenters. The van der Waals surface area contributed by atoms with Gasteiger partial charge in [0.05, 0.1) is 23.9 Å². The van der Waals surface area contributed by atoms with E-state index >= 15 is 0 Å². The third-order valence-electron chi connectivity index (χ3n) is 6.12. The molecule has 2 heterocycles. The van der Waals surface area contributed by atoms with Crippen LogP contribution in [-0.2, 0) is 22.4 Å². The number of hydrogen-bond acceptors (Lipinski definition) is 6.